The summed E-state index contributed by atoms with van der Waals surface area (Å²) >= 11 is 0. The Balaban J connectivity index is 0.994. The predicted octanol–water partition coefficient (Wildman–Crippen LogP) is 16.8. The van der Waals surface area contributed by atoms with Gasteiger partial charge >= 0.3 is 0 Å². The minimum Gasteiger partial charge on any atom is -0.456 e. The third-order valence-electron chi connectivity index (χ3n) is 14.9. The van der Waals surface area contributed by atoms with E-state index in [1.165, 1.54) is 87.5 Å². The molecule has 0 spiro atoms. The molecule has 0 saturated carbocycles. The van der Waals surface area contributed by atoms with Crippen molar-refractivity contribution in [3.05, 3.63) is 229 Å². The van der Waals surface area contributed by atoms with E-state index in [1.807, 2.05) is 0 Å². The highest BCUT2D eigenvalue weighted by atomic mass is 16.3. The van der Waals surface area contributed by atoms with Gasteiger partial charge in [-0.15, -0.1) is 0 Å². The number of aliphatic imine (C=N–C) groups is 1. The van der Waals surface area contributed by atoms with Crippen LogP contribution in [0.2, 0.25) is 0 Å². The lowest BCUT2D eigenvalue weighted by Crippen LogP contribution is -2.19. The van der Waals surface area contributed by atoms with Gasteiger partial charge in [0.1, 0.15) is 11.2 Å². The van der Waals surface area contributed by atoms with E-state index in [-0.39, 0.29) is 17.9 Å². The second-order valence-corrected chi connectivity index (χ2v) is 18.6. The zero-order valence-electron chi connectivity index (χ0n) is 37.1. The van der Waals surface area contributed by atoms with Crippen molar-refractivity contribution in [1.82, 2.24) is 9.13 Å². The van der Waals surface area contributed by atoms with Crippen molar-refractivity contribution >= 4 is 92.8 Å². The van der Waals surface area contributed by atoms with Crippen molar-refractivity contribution in [2.45, 2.75) is 31.7 Å². The van der Waals surface area contributed by atoms with Crippen molar-refractivity contribution in [2.75, 3.05) is 0 Å². The van der Waals surface area contributed by atoms with Crippen LogP contribution < -0.4 is 0 Å². The number of furan rings is 1. The second kappa shape index (κ2) is 14.9. The van der Waals surface area contributed by atoms with Crippen LogP contribution in [0.15, 0.2) is 222 Å². The molecule has 0 N–H and O–H groups in total. The molecule has 0 bridgehead atoms. The molecular formula is C63H45N3O. The van der Waals surface area contributed by atoms with Crippen LogP contribution in [-0.4, -0.2) is 14.8 Å². The van der Waals surface area contributed by atoms with E-state index in [4.69, 9.17) is 9.41 Å². The molecule has 0 amide bonds. The fourth-order valence-electron chi connectivity index (χ4n) is 11.8. The van der Waals surface area contributed by atoms with Gasteiger partial charge in [0.25, 0.3) is 0 Å². The third kappa shape index (κ3) is 5.96. The minimum atomic E-state index is -0.134. The van der Waals surface area contributed by atoms with E-state index in [0.29, 0.717) is 0 Å². The van der Waals surface area contributed by atoms with Gasteiger partial charge in [0.2, 0.25) is 0 Å². The van der Waals surface area contributed by atoms with Crippen molar-refractivity contribution < 1.29 is 4.42 Å². The van der Waals surface area contributed by atoms with E-state index in [1.54, 1.807) is 0 Å². The number of fused-ring (bicyclic) bond motifs is 11. The Kier molecular flexibility index (Phi) is 8.48. The predicted molar refractivity (Wildman–Crippen MR) is 281 cm³/mol. The molecule has 1 aliphatic heterocycles. The molecule has 4 heterocycles. The standard InChI is InChI=1S/C63H45N3O/c1-39-48(44-29-30-51-49-21-9-12-24-56(49)65(58(51)36-44)46-19-3-2-4-20-46)31-32-55(64-63(39)45-28-27-40-15-5-6-16-41(40)33-45)54-37-47(38-61-62(54)52-23-11-14-26-60(52)67-61)66-57-25-13-10-22-50(57)53-34-42-17-7-8-18-43(42)35-59(53)66/h2-30,33-39,48,55H,31-32H2,1H3. The third-order valence-corrected chi connectivity index (χ3v) is 14.9. The SMILES string of the molecule is CC1C(c2ccc3ccccc3c2)=NC(c2cc(-n3c4ccccc4c4cc5ccccc5cc43)cc3oc4ccccc4c23)CCC1c1ccc2c3ccccc3n(-c3ccccc3)c2c1. The first kappa shape index (κ1) is 38.1. The van der Waals surface area contributed by atoms with Gasteiger partial charge < -0.3 is 13.6 Å². The van der Waals surface area contributed by atoms with E-state index in [9.17, 15) is 0 Å². The zero-order valence-corrected chi connectivity index (χ0v) is 37.1. The molecule has 1 aliphatic rings. The lowest BCUT2D eigenvalue weighted by Gasteiger charge is -2.24. The van der Waals surface area contributed by atoms with Crippen LogP contribution >= 0.6 is 0 Å². The maximum atomic E-state index is 6.87. The topological polar surface area (TPSA) is 35.4 Å². The van der Waals surface area contributed by atoms with Crippen LogP contribution in [0, 0.1) is 5.92 Å². The van der Waals surface area contributed by atoms with Gasteiger partial charge in [0.15, 0.2) is 0 Å². The normalized spacial score (nSPS) is 16.9. The molecule has 3 unspecified atom stereocenters. The molecule has 3 atom stereocenters. The quantitative estimate of drug-likeness (QED) is 0.170. The van der Waals surface area contributed by atoms with Gasteiger partial charge in [-0.05, 0) is 118 Å². The minimum absolute atomic E-state index is 0.128. The van der Waals surface area contributed by atoms with Gasteiger partial charge in [-0.3, -0.25) is 4.99 Å². The van der Waals surface area contributed by atoms with Gasteiger partial charge in [-0.1, -0.05) is 153 Å². The fourth-order valence-corrected chi connectivity index (χ4v) is 11.8. The molecule has 13 aromatic rings. The van der Waals surface area contributed by atoms with Gasteiger partial charge in [-0.25, -0.2) is 0 Å². The summed E-state index contributed by atoms with van der Waals surface area (Å²) in [7, 11) is 0. The summed E-state index contributed by atoms with van der Waals surface area (Å²) in [6.07, 6.45) is 1.84. The van der Waals surface area contributed by atoms with Crippen molar-refractivity contribution in [1.29, 1.82) is 0 Å². The Bertz CT molecular complexity index is 4150. The molecule has 0 radical (unpaired) electrons. The van der Waals surface area contributed by atoms with Crippen LogP contribution in [0.25, 0.3) is 98.5 Å². The van der Waals surface area contributed by atoms with Crippen LogP contribution in [0.1, 0.15) is 48.4 Å². The lowest BCUT2D eigenvalue weighted by molar-refractivity contribution is 0.509. The largest absolute Gasteiger partial charge is 0.456 e. The Hall–Kier alpha value is -8.21. The van der Waals surface area contributed by atoms with E-state index in [2.05, 4.69) is 228 Å². The van der Waals surface area contributed by atoms with Crippen LogP contribution in [0.5, 0.6) is 0 Å². The maximum Gasteiger partial charge on any atom is 0.137 e. The van der Waals surface area contributed by atoms with Crippen LogP contribution in [0.4, 0.5) is 0 Å². The monoisotopic (exact) mass is 859 g/mol. The molecule has 3 aromatic heterocycles. The van der Waals surface area contributed by atoms with Crippen LogP contribution in [-0.2, 0) is 0 Å². The van der Waals surface area contributed by atoms with Gasteiger partial charge in [0.05, 0.1) is 33.8 Å². The van der Waals surface area contributed by atoms with Crippen LogP contribution in [0.3, 0.4) is 0 Å². The first-order chi connectivity index (χ1) is 33.1. The molecule has 0 aliphatic carbocycles. The first-order valence-electron chi connectivity index (χ1n) is 23.7. The summed E-state index contributed by atoms with van der Waals surface area (Å²) in [6.45, 7) is 2.42. The van der Waals surface area contributed by atoms with Gasteiger partial charge in [0, 0.05) is 55.7 Å². The second-order valence-electron chi connectivity index (χ2n) is 18.6. The maximum absolute atomic E-state index is 6.87. The Labute approximate surface area is 387 Å². The molecule has 4 heteroatoms. The summed E-state index contributed by atoms with van der Waals surface area (Å²) < 4.78 is 11.8. The number of hydrogen-bond donors (Lipinski definition) is 0. The number of benzene rings is 10. The van der Waals surface area contributed by atoms with E-state index >= 15 is 0 Å². The number of aromatic nitrogens is 2. The molecule has 67 heavy (non-hydrogen) atoms. The zero-order chi connectivity index (χ0) is 44.2. The summed E-state index contributed by atoms with van der Waals surface area (Å²) in [4.78, 5) is 6.03. The molecule has 4 nitrogen and oxygen atoms in total. The van der Waals surface area contributed by atoms with E-state index < -0.39 is 0 Å². The Morgan fingerprint density at radius 3 is 1.84 bits per heavy atom. The average molecular weight is 860 g/mol. The number of hydrogen-bond acceptors (Lipinski definition) is 2. The molecule has 0 saturated heterocycles. The average Bonchev–Trinajstić information content (AvgIpc) is 3.99. The summed E-state index contributed by atoms with van der Waals surface area (Å²) in [5.74, 6) is 0.343. The summed E-state index contributed by atoms with van der Waals surface area (Å²) in [5.41, 5.74) is 13.7. The van der Waals surface area contributed by atoms with E-state index in [0.717, 1.165) is 46.2 Å². The highest BCUT2D eigenvalue weighted by Crippen LogP contribution is 2.46. The molecular weight excluding hydrogens is 815 g/mol. The van der Waals surface area contributed by atoms with Crippen molar-refractivity contribution in [3.8, 4) is 11.4 Å². The lowest BCUT2D eigenvalue weighted by atomic mass is 9.79. The molecule has 0 fully saturated rings. The molecule has 318 valence electrons. The number of rotatable bonds is 5. The number of para-hydroxylation sites is 4. The van der Waals surface area contributed by atoms with Crippen molar-refractivity contribution in [3.63, 3.8) is 0 Å². The molecule has 14 rings (SSSR count). The first-order valence-corrected chi connectivity index (χ1v) is 23.7. The Morgan fingerprint density at radius 2 is 1.04 bits per heavy atom. The highest BCUT2D eigenvalue weighted by Gasteiger charge is 2.33. The smallest absolute Gasteiger partial charge is 0.137 e. The fraction of sp³-hybridized carbons (Fsp3) is 0.0952. The van der Waals surface area contributed by atoms with Gasteiger partial charge in [-0.2, -0.15) is 0 Å². The number of nitrogens with zero attached hydrogens (tertiary/aromatic N) is 3. The Morgan fingerprint density at radius 1 is 0.433 bits per heavy atom. The summed E-state index contributed by atoms with van der Waals surface area (Å²) in [6, 6.07) is 77.8. The highest BCUT2D eigenvalue weighted by molar-refractivity contribution is 6.15. The van der Waals surface area contributed by atoms with Crippen molar-refractivity contribution in [2.24, 2.45) is 10.9 Å². The molecule has 10 aromatic carbocycles. The summed E-state index contributed by atoms with van der Waals surface area (Å²) in [5, 5.41) is 12.2.